The number of carbonyl (C=O) groups excluding carboxylic acids is 1. The smallest absolute Gasteiger partial charge is 0.344 e. The van der Waals surface area contributed by atoms with Crippen LogP contribution in [0.1, 0.15) is 15.9 Å². The van der Waals surface area contributed by atoms with Gasteiger partial charge in [-0.25, -0.2) is 4.79 Å². The molecule has 158 valence electrons. The molecule has 4 rings (SSSR count). The maximum Gasteiger partial charge on any atom is 0.344 e. The lowest BCUT2D eigenvalue weighted by Gasteiger charge is -2.08. The minimum absolute atomic E-state index is 0.337. The second-order valence-electron chi connectivity index (χ2n) is 6.82. The fourth-order valence-corrected chi connectivity index (χ4v) is 3.44. The molecule has 0 amide bonds. The normalized spacial score (nSPS) is 10.8. The molecule has 5 nitrogen and oxygen atoms in total. The van der Waals surface area contributed by atoms with Gasteiger partial charge in [0.05, 0.1) is 11.8 Å². The van der Waals surface area contributed by atoms with Crippen LogP contribution in [0.5, 0.6) is 5.75 Å². The number of hydrogen-bond donors (Lipinski definition) is 2. The number of nitrogens with one attached hydrogen (secondary N) is 2. The Bertz CT molecular complexity index is 1300. The number of anilines is 1. The number of carbonyl (C=O) groups is 1. The first-order chi connectivity index (χ1) is 15.6. The number of fused-ring (bicyclic) bond motifs is 1. The number of nitrogens with zero attached hydrogens (tertiary/aromatic N) is 1. The number of benzene rings is 4. The van der Waals surface area contributed by atoms with E-state index in [0.29, 0.717) is 21.4 Å². The molecule has 0 aliphatic rings. The summed E-state index contributed by atoms with van der Waals surface area (Å²) in [5, 5.41) is 9.90. The number of thiocarbonyl (C=S) groups is 1. The predicted molar refractivity (Wildman–Crippen MR) is 134 cm³/mol. The highest BCUT2D eigenvalue weighted by Gasteiger charge is 2.12. The van der Waals surface area contributed by atoms with Crippen LogP contribution in [0.25, 0.3) is 10.8 Å². The van der Waals surface area contributed by atoms with Crippen LogP contribution < -0.4 is 15.5 Å². The number of hydrazone groups is 1. The molecule has 0 aliphatic carbocycles. The van der Waals surface area contributed by atoms with E-state index >= 15 is 0 Å². The van der Waals surface area contributed by atoms with Crippen molar-refractivity contribution in [3.05, 3.63) is 107 Å². The summed E-state index contributed by atoms with van der Waals surface area (Å²) < 4.78 is 5.54. The molecule has 0 bridgehead atoms. The molecule has 0 aliphatic heterocycles. The molecule has 0 saturated heterocycles. The van der Waals surface area contributed by atoms with Crippen molar-refractivity contribution in [3.63, 3.8) is 0 Å². The van der Waals surface area contributed by atoms with Gasteiger partial charge in [0.25, 0.3) is 0 Å². The van der Waals surface area contributed by atoms with Crippen molar-refractivity contribution in [3.8, 4) is 5.75 Å². The number of rotatable bonds is 5. The summed E-state index contributed by atoms with van der Waals surface area (Å²) in [5.74, 6) is 0.0495. The van der Waals surface area contributed by atoms with Gasteiger partial charge in [0.2, 0.25) is 0 Å². The zero-order valence-corrected chi connectivity index (χ0v) is 18.4. The molecule has 0 unspecified atom stereocenters. The van der Waals surface area contributed by atoms with E-state index in [2.05, 4.69) is 15.8 Å². The third-order valence-electron chi connectivity index (χ3n) is 4.56. The molecule has 4 aromatic rings. The Labute approximate surface area is 195 Å². The van der Waals surface area contributed by atoms with Crippen LogP contribution in [0, 0.1) is 0 Å². The van der Waals surface area contributed by atoms with Crippen LogP contribution in [0.2, 0.25) is 5.02 Å². The maximum atomic E-state index is 12.6. The fraction of sp³-hybridized carbons (Fsp3) is 0. The summed E-state index contributed by atoms with van der Waals surface area (Å²) in [6.45, 7) is 0. The first-order valence-corrected chi connectivity index (χ1v) is 10.5. The van der Waals surface area contributed by atoms with E-state index in [9.17, 15) is 4.79 Å². The summed E-state index contributed by atoms with van der Waals surface area (Å²) in [7, 11) is 0. The van der Waals surface area contributed by atoms with E-state index < -0.39 is 5.97 Å². The molecule has 0 saturated carbocycles. The Morgan fingerprint density at radius 3 is 2.50 bits per heavy atom. The molecular weight excluding hydrogens is 442 g/mol. The lowest BCUT2D eigenvalue weighted by molar-refractivity contribution is 0.0737. The topological polar surface area (TPSA) is 62.7 Å². The van der Waals surface area contributed by atoms with Crippen LogP contribution in [-0.4, -0.2) is 17.3 Å². The van der Waals surface area contributed by atoms with Crippen LogP contribution in [0.4, 0.5) is 5.69 Å². The Morgan fingerprint density at radius 1 is 0.938 bits per heavy atom. The van der Waals surface area contributed by atoms with Gasteiger partial charge in [-0.2, -0.15) is 5.10 Å². The van der Waals surface area contributed by atoms with Crippen LogP contribution in [-0.2, 0) is 0 Å². The van der Waals surface area contributed by atoms with Crippen molar-refractivity contribution in [2.45, 2.75) is 0 Å². The first-order valence-electron chi connectivity index (χ1n) is 9.74. The molecule has 4 aromatic carbocycles. The van der Waals surface area contributed by atoms with Crippen molar-refractivity contribution >= 4 is 57.6 Å². The highest BCUT2D eigenvalue weighted by Crippen LogP contribution is 2.21. The second-order valence-corrected chi connectivity index (χ2v) is 7.66. The Balaban J connectivity index is 1.34. The van der Waals surface area contributed by atoms with Crippen molar-refractivity contribution in [2.75, 3.05) is 5.32 Å². The zero-order valence-electron chi connectivity index (χ0n) is 16.8. The molecule has 0 fully saturated rings. The number of halogens is 1. The molecule has 0 spiro atoms. The number of esters is 1. The van der Waals surface area contributed by atoms with Gasteiger partial charge in [-0.3, -0.25) is 5.43 Å². The van der Waals surface area contributed by atoms with Gasteiger partial charge in [0, 0.05) is 10.7 Å². The average Bonchev–Trinajstić information content (AvgIpc) is 2.80. The van der Waals surface area contributed by atoms with Gasteiger partial charge >= 0.3 is 5.97 Å². The van der Waals surface area contributed by atoms with Crippen LogP contribution in [0.3, 0.4) is 0 Å². The van der Waals surface area contributed by atoms with Crippen molar-refractivity contribution < 1.29 is 9.53 Å². The summed E-state index contributed by atoms with van der Waals surface area (Å²) in [5.41, 5.74) is 4.85. The van der Waals surface area contributed by atoms with E-state index in [1.54, 1.807) is 48.7 Å². The van der Waals surface area contributed by atoms with Crippen molar-refractivity contribution in [1.29, 1.82) is 0 Å². The van der Waals surface area contributed by atoms with Crippen molar-refractivity contribution in [1.82, 2.24) is 5.43 Å². The van der Waals surface area contributed by atoms with Crippen molar-refractivity contribution in [2.24, 2.45) is 5.10 Å². The maximum absolute atomic E-state index is 12.6. The van der Waals surface area contributed by atoms with Gasteiger partial charge in [-0.1, -0.05) is 54.1 Å². The molecule has 0 radical (unpaired) electrons. The Hall–Kier alpha value is -3.74. The molecule has 2 N–H and O–H groups in total. The minimum Gasteiger partial charge on any atom is -0.423 e. The summed E-state index contributed by atoms with van der Waals surface area (Å²) in [4.78, 5) is 12.6. The average molecular weight is 460 g/mol. The molecule has 0 atom stereocenters. The molecule has 7 heteroatoms. The number of hydrogen-bond acceptors (Lipinski definition) is 4. The lowest BCUT2D eigenvalue weighted by atomic mass is 10.0. The van der Waals surface area contributed by atoms with Gasteiger partial charge < -0.3 is 10.1 Å². The minimum atomic E-state index is -0.401. The molecule has 32 heavy (non-hydrogen) atoms. The van der Waals surface area contributed by atoms with E-state index in [1.807, 2.05) is 48.5 Å². The summed E-state index contributed by atoms with van der Waals surface area (Å²) >= 11 is 11.2. The highest BCUT2D eigenvalue weighted by atomic mass is 35.5. The van der Waals surface area contributed by atoms with Crippen LogP contribution in [0.15, 0.2) is 96.1 Å². The second kappa shape index (κ2) is 10.0. The lowest BCUT2D eigenvalue weighted by Crippen LogP contribution is -2.23. The molecule has 0 aromatic heterocycles. The highest BCUT2D eigenvalue weighted by molar-refractivity contribution is 7.80. The standard InChI is InChI=1S/C25H18ClN3O2S/c26-19-7-4-8-20(15-19)28-25(32)29-27-16-17-11-13-21(14-12-17)31-24(30)23-10-3-6-18-5-1-2-9-22(18)23/h1-16H,(H2,28,29,32). The molecule has 0 heterocycles. The summed E-state index contributed by atoms with van der Waals surface area (Å²) in [6, 6.07) is 27.5. The summed E-state index contributed by atoms with van der Waals surface area (Å²) in [6.07, 6.45) is 1.61. The fourth-order valence-electron chi connectivity index (χ4n) is 3.08. The molecular formula is C25H18ClN3O2S. The SMILES string of the molecule is O=C(Oc1ccc(C=NNC(=S)Nc2cccc(Cl)c2)cc1)c1cccc2ccccc12. The number of ether oxygens (including phenoxy) is 1. The quantitative estimate of drug-likeness (QED) is 0.125. The predicted octanol–water partition coefficient (Wildman–Crippen LogP) is 6.03. The Kier molecular flexibility index (Phi) is 6.75. The monoisotopic (exact) mass is 459 g/mol. The van der Waals surface area contributed by atoms with Gasteiger partial charge in [-0.15, -0.1) is 0 Å². The largest absolute Gasteiger partial charge is 0.423 e. The van der Waals surface area contributed by atoms with Crippen LogP contribution >= 0.6 is 23.8 Å². The zero-order chi connectivity index (χ0) is 22.3. The van der Waals surface area contributed by atoms with Gasteiger partial charge in [0.15, 0.2) is 5.11 Å². The van der Waals surface area contributed by atoms with E-state index in [0.717, 1.165) is 22.0 Å². The van der Waals surface area contributed by atoms with E-state index in [4.69, 9.17) is 28.6 Å². The van der Waals surface area contributed by atoms with E-state index in [1.165, 1.54) is 0 Å². The van der Waals surface area contributed by atoms with Gasteiger partial charge in [-0.05, 0) is 77.1 Å². The first kappa shape index (κ1) is 21.5. The Morgan fingerprint density at radius 2 is 1.69 bits per heavy atom. The third kappa shape index (κ3) is 5.49. The van der Waals surface area contributed by atoms with Gasteiger partial charge in [0.1, 0.15) is 5.75 Å². The third-order valence-corrected chi connectivity index (χ3v) is 4.99. The van der Waals surface area contributed by atoms with E-state index in [-0.39, 0.29) is 0 Å².